The zero-order valence-electron chi connectivity index (χ0n) is 13.1. The fourth-order valence-corrected chi connectivity index (χ4v) is 2.76. The van der Waals surface area contributed by atoms with Gasteiger partial charge in [0.25, 0.3) is 0 Å². The molecule has 1 fully saturated rings. The fraction of sp³-hybridized carbons (Fsp3) is 0.733. The number of ketones is 1. The van der Waals surface area contributed by atoms with E-state index < -0.39 is 5.60 Å². The molecule has 0 unspecified atom stereocenters. The Hall–Kier alpha value is -1.40. The Morgan fingerprint density at radius 3 is 2.71 bits per heavy atom. The van der Waals surface area contributed by atoms with Gasteiger partial charge in [0.15, 0.2) is 5.75 Å². The third-order valence-corrected chi connectivity index (χ3v) is 3.81. The highest BCUT2D eigenvalue weighted by molar-refractivity contribution is 6.03. The number of methoxy groups -OCH3 is 1. The van der Waals surface area contributed by atoms with Crippen molar-refractivity contribution in [1.82, 2.24) is 9.78 Å². The molecule has 0 spiro atoms. The molecular formula is C15H24N2O4. The number of hydrogen-bond acceptors (Lipinski definition) is 5. The molecule has 6 nitrogen and oxygen atoms in total. The van der Waals surface area contributed by atoms with Gasteiger partial charge in [-0.1, -0.05) is 6.92 Å². The summed E-state index contributed by atoms with van der Waals surface area (Å²) in [6.07, 6.45) is 3.64. The van der Waals surface area contributed by atoms with Gasteiger partial charge in [0.1, 0.15) is 11.3 Å². The Labute approximate surface area is 125 Å². The van der Waals surface area contributed by atoms with E-state index in [0.717, 1.165) is 6.42 Å². The maximum atomic E-state index is 13.1. The van der Waals surface area contributed by atoms with Crippen molar-refractivity contribution in [2.75, 3.05) is 26.9 Å². The molecule has 6 heteroatoms. The van der Waals surface area contributed by atoms with Gasteiger partial charge in [0.05, 0.1) is 13.3 Å². The number of aromatic nitrogens is 2. The van der Waals surface area contributed by atoms with Crippen molar-refractivity contribution in [3.05, 3.63) is 11.9 Å². The molecule has 0 N–H and O–H groups in total. The summed E-state index contributed by atoms with van der Waals surface area (Å²) < 4.78 is 18.3. The summed E-state index contributed by atoms with van der Waals surface area (Å²) in [5, 5.41) is 4.27. The summed E-state index contributed by atoms with van der Waals surface area (Å²) in [6.45, 7) is 6.21. The first-order chi connectivity index (χ1) is 10.2. The monoisotopic (exact) mass is 296 g/mol. The molecule has 1 aliphatic heterocycles. The average molecular weight is 296 g/mol. The van der Waals surface area contributed by atoms with Crippen LogP contribution in [0.2, 0.25) is 0 Å². The molecule has 0 amide bonds. The molecule has 0 aliphatic carbocycles. The van der Waals surface area contributed by atoms with Gasteiger partial charge >= 0.3 is 0 Å². The third kappa shape index (κ3) is 3.11. The lowest BCUT2D eigenvalue weighted by molar-refractivity contribution is -0.0827. The quantitative estimate of drug-likeness (QED) is 0.721. The number of hydrogen-bond donors (Lipinski definition) is 0. The number of aryl methyl sites for hydroxylation is 1. The van der Waals surface area contributed by atoms with Crippen LogP contribution in [0.5, 0.6) is 5.75 Å². The lowest BCUT2D eigenvalue weighted by atomic mass is 9.87. The minimum absolute atomic E-state index is 0.0459. The lowest BCUT2D eigenvalue weighted by Crippen LogP contribution is -2.47. The summed E-state index contributed by atoms with van der Waals surface area (Å²) in [6, 6.07) is 0. The summed E-state index contributed by atoms with van der Waals surface area (Å²) in [5.74, 6) is 0.467. The van der Waals surface area contributed by atoms with Crippen LogP contribution in [0.15, 0.2) is 6.20 Å². The van der Waals surface area contributed by atoms with Crippen LogP contribution < -0.4 is 4.74 Å². The second-order valence-corrected chi connectivity index (χ2v) is 5.15. The smallest absolute Gasteiger partial charge is 0.216 e. The first-order valence-corrected chi connectivity index (χ1v) is 7.54. The van der Waals surface area contributed by atoms with Crippen LogP contribution in [0.25, 0.3) is 0 Å². The van der Waals surface area contributed by atoms with Crippen molar-refractivity contribution in [1.29, 1.82) is 0 Å². The van der Waals surface area contributed by atoms with Crippen molar-refractivity contribution >= 4 is 5.78 Å². The van der Waals surface area contributed by atoms with E-state index in [1.54, 1.807) is 18.0 Å². The maximum Gasteiger partial charge on any atom is 0.216 e. The maximum absolute atomic E-state index is 13.1. The number of carbonyl (C=O) groups is 1. The average Bonchev–Trinajstić information content (AvgIpc) is 2.91. The Morgan fingerprint density at radius 2 is 2.14 bits per heavy atom. The Morgan fingerprint density at radius 1 is 1.43 bits per heavy atom. The van der Waals surface area contributed by atoms with Crippen molar-refractivity contribution < 1.29 is 19.0 Å². The number of rotatable bonds is 7. The van der Waals surface area contributed by atoms with Gasteiger partial charge in [-0.05, 0) is 13.3 Å². The molecule has 2 rings (SSSR count). The molecule has 0 bridgehead atoms. The molecule has 0 atom stereocenters. The highest BCUT2D eigenvalue weighted by atomic mass is 16.5. The zero-order valence-corrected chi connectivity index (χ0v) is 13.1. The largest absolute Gasteiger partial charge is 0.493 e. The summed E-state index contributed by atoms with van der Waals surface area (Å²) in [4.78, 5) is 13.1. The van der Waals surface area contributed by atoms with Crippen molar-refractivity contribution in [3.8, 4) is 5.75 Å². The third-order valence-electron chi connectivity index (χ3n) is 3.81. The molecule has 0 radical (unpaired) electrons. The second kappa shape index (κ2) is 7.04. The number of nitrogens with zero attached hydrogens (tertiary/aromatic N) is 2. The van der Waals surface area contributed by atoms with E-state index in [9.17, 15) is 4.79 Å². The molecule has 118 valence electrons. The van der Waals surface area contributed by atoms with Crippen LogP contribution >= 0.6 is 0 Å². The molecule has 21 heavy (non-hydrogen) atoms. The van der Waals surface area contributed by atoms with Gasteiger partial charge < -0.3 is 14.2 Å². The fourth-order valence-electron chi connectivity index (χ4n) is 2.76. The Kier molecular flexibility index (Phi) is 5.36. The van der Waals surface area contributed by atoms with Crippen LogP contribution in [-0.2, 0) is 16.0 Å². The lowest BCUT2D eigenvalue weighted by Gasteiger charge is -2.35. The molecule has 0 aromatic carbocycles. The van der Waals surface area contributed by atoms with E-state index in [0.29, 0.717) is 50.7 Å². The predicted octanol–water partition coefficient (Wildman–Crippen LogP) is 2.07. The van der Waals surface area contributed by atoms with Gasteiger partial charge in [-0.2, -0.15) is 5.10 Å². The molecule has 1 saturated heterocycles. The standard InChI is InChI=1S/C15H24N2O4/c1-4-8-17-13(12(19-3)11-16-17)14(18)15(21-5-2)6-9-20-10-7-15/h11H,4-10H2,1-3H3. The Balaban J connectivity index is 2.38. The van der Waals surface area contributed by atoms with Crippen LogP contribution in [0.1, 0.15) is 43.6 Å². The zero-order chi connectivity index (χ0) is 15.3. The molecule has 1 aliphatic rings. The van der Waals surface area contributed by atoms with Crippen LogP contribution in [0, 0.1) is 0 Å². The summed E-state index contributed by atoms with van der Waals surface area (Å²) >= 11 is 0. The summed E-state index contributed by atoms with van der Waals surface area (Å²) in [7, 11) is 1.56. The van der Waals surface area contributed by atoms with Gasteiger partial charge in [0, 0.05) is 39.2 Å². The van der Waals surface area contributed by atoms with Crippen molar-refractivity contribution in [3.63, 3.8) is 0 Å². The van der Waals surface area contributed by atoms with E-state index in [2.05, 4.69) is 12.0 Å². The van der Waals surface area contributed by atoms with Crippen molar-refractivity contribution in [2.24, 2.45) is 0 Å². The minimum Gasteiger partial charge on any atom is -0.493 e. The van der Waals surface area contributed by atoms with E-state index in [1.165, 1.54) is 0 Å². The van der Waals surface area contributed by atoms with Crippen LogP contribution in [0.3, 0.4) is 0 Å². The highest BCUT2D eigenvalue weighted by Crippen LogP contribution is 2.32. The predicted molar refractivity (Wildman–Crippen MR) is 77.8 cm³/mol. The molecule has 1 aromatic rings. The van der Waals surface area contributed by atoms with Gasteiger partial charge in [-0.15, -0.1) is 0 Å². The molecule has 1 aromatic heterocycles. The number of ether oxygens (including phenoxy) is 3. The normalized spacial score (nSPS) is 17.7. The molecule has 0 saturated carbocycles. The van der Waals surface area contributed by atoms with E-state index >= 15 is 0 Å². The van der Waals surface area contributed by atoms with Gasteiger partial charge in [-0.3, -0.25) is 9.48 Å². The number of Topliss-reactive ketones (excluding diaryl/α,β-unsaturated/α-hetero) is 1. The number of carbonyl (C=O) groups excluding carboxylic acids is 1. The SMILES string of the molecule is CCCn1ncc(OC)c1C(=O)C1(OCC)CCOCC1. The van der Waals surface area contributed by atoms with Gasteiger partial charge in [0.2, 0.25) is 5.78 Å². The van der Waals surface area contributed by atoms with Gasteiger partial charge in [-0.25, -0.2) is 0 Å². The highest BCUT2D eigenvalue weighted by Gasteiger charge is 2.44. The van der Waals surface area contributed by atoms with Crippen LogP contribution in [-0.4, -0.2) is 48.1 Å². The minimum atomic E-state index is -0.814. The second-order valence-electron chi connectivity index (χ2n) is 5.15. The van der Waals surface area contributed by atoms with Crippen LogP contribution in [0.4, 0.5) is 0 Å². The topological polar surface area (TPSA) is 62.6 Å². The molecule has 2 heterocycles. The Bertz CT molecular complexity index is 473. The van der Waals surface area contributed by atoms with Crippen molar-refractivity contribution in [2.45, 2.75) is 45.3 Å². The van der Waals surface area contributed by atoms with E-state index in [1.807, 2.05) is 6.92 Å². The first kappa shape index (κ1) is 16.0. The van der Waals surface area contributed by atoms with E-state index in [-0.39, 0.29) is 5.78 Å². The van der Waals surface area contributed by atoms with E-state index in [4.69, 9.17) is 14.2 Å². The molecular weight excluding hydrogens is 272 g/mol. The summed E-state index contributed by atoms with van der Waals surface area (Å²) in [5.41, 5.74) is -0.305. The first-order valence-electron chi connectivity index (χ1n) is 7.54.